The van der Waals surface area contributed by atoms with Crippen molar-refractivity contribution in [2.75, 3.05) is 5.73 Å². The number of rotatable bonds is 3. The average molecular weight is 304 g/mol. The Morgan fingerprint density at radius 3 is 2.40 bits per heavy atom. The van der Waals surface area contributed by atoms with Crippen molar-refractivity contribution in [3.8, 4) is 16.2 Å². The van der Waals surface area contributed by atoms with Crippen LogP contribution in [0.3, 0.4) is 0 Å². The molecular weight excluding hydrogens is 297 g/mol. The lowest BCUT2D eigenvalue weighted by atomic mass is 10.1. The monoisotopic (exact) mass is 304 g/mol. The summed E-state index contributed by atoms with van der Waals surface area (Å²) in [4.78, 5) is 14.9. The topological polar surface area (TPSA) is 85.4 Å². The highest BCUT2D eigenvalue weighted by molar-refractivity contribution is 7.19. The molecule has 0 saturated carbocycles. The van der Waals surface area contributed by atoms with Crippen LogP contribution in [0.25, 0.3) is 10.4 Å². The number of carboxylic acid groups (broad SMARTS) is 1. The third kappa shape index (κ3) is 3.18. The summed E-state index contributed by atoms with van der Waals surface area (Å²) < 4.78 is 39.8. The number of alkyl halides is 3. The summed E-state index contributed by atoms with van der Waals surface area (Å²) >= 11 is 0.938. The van der Waals surface area contributed by atoms with E-state index in [9.17, 15) is 18.0 Å². The molecule has 0 aliphatic rings. The minimum Gasteiger partial charge on any atom is -0.476 e. The number of benzene rings is 1. The molecule has 0 spiro atoms. The Hall–Kier alpha value is -2.29. The summed E-state index contributed by atoms with van der Waals surface area (Å²) in [6.07, 6.45) is -4.78. The lowest BCUT2D eigenvalue weighted by molar-refractivity contribution is -0.274. The normalized spacial score (nSPS) is 11.3. The van der Waals surface area contributed by atoms with Crippen LogP contribution in [0, 0.1) is 0 Å². The van der Waals surface area contributed by atoms with Crippen LogP contribution in [-0.2, 0) is 0 Å². The molecule has 0 unspecified atom stereocenters. The van der Waals surface area contributed by atoms with Crippen LogP contribution in [-0.4, -0.2) is 22.4 Å². The highest BCUT2D eigenvalue weighted by Gasteiger charge is 2.31. The van der Waals surface area contributed by atoms with E-state index in [-0.39, 0.29) is 15.7 Å². The highest BCUT2D eigenvalue weighted by Crippen LogP contribution is 2.33. The first-order valence-electron chi connectivity index (χ1n) is 5.12. The Kier molecular flexibility index (Phi) is 3.53. The third-order valence-corrected chi connectivity index (χ3v) is 3.13. The zero-order valence-electron chi connectivity index (χ0n) is 9.64. The molecule has 0 aliphatic heterocycles. The summed E-state index contributed by atoms with van der Waals surface area (Å²) in [6.45, 7) is 0. The van der Waals surface area contributed by atoms with Crippen molar-refractivity contribution in [3.05, 3.63) is 30.0 Å². The Morgan fingerprint density at radius 1 is 1.30 bits per heavy atom. The second kappa shape index (κ2) is 5.00. The predicted octanol–water partition coefficient (Wildman–Crippen LogP) is 2.99. The number of halogens is 3. The molecule has 2 aromatic rings. The van der Waals surface area contributed by atoms with E-state index in [2.05, 4.69) is 9.72 Å². The summed E-state index contributed by atoms with van der Waals surface area (Å²) in [5, 5.41) is 9.03. The van der Waals surface area contributed by atoms with Gasteiger partial charge in [0.15, 0.2) is 10.8 Å². The van der Waals surface area contributed by atoms with E-state index in [4.69, 9.17) is 10.8 Å². The van der Waals surface area contributed by atoms with Crippen molar-refractivity contribution in [1.29, 1.82) is 0 Å². The molecule has 0 fully saturated rings. The van der Waals surface area contributed by atoms with Gasteiger partial charge < -0.3 is 15.6 Å². The van der Waals surface area contributed by atoms with E-state index in [0.29, 0.717) is 5.56 Å². The minimum absolute atomic E-state index is 0.0630. The van der Waals surface area contributed by atoms with Crippen LogP contribution in [0.15, 0.2) is 24.3 Å². The lowest BCUT2D eigenvalue weighted by Crippen LogP contribution is -2.16. The van der Waals surface area contributed by atoms with Crippen LogP contribution in [0.2, 0.25) is 0 Å². The van der Waals surface area contributed by atoms with Crippen molar-refractivity contribution < 1.29 is 27.8 Å². The molecule has 0 bridgehead atoms. The van der Waals surface area contributed by atoms with Gasteiger partial charge in [-0.15, -0.1) is 13.2 Å². The fraction of sp³-hybridized carbons (Fsp3) is 0.0909. The van der Waals surface area contributed by atoms with Gasteiger partial charge in [0.1, 0.15) is 5.75 Å². The smallest absolute Gasteiger partial charge is 0.476 e. The van der Waals surface area contributed by atoms with Crippen LogP contribution in [0.5, 0.6) is 5.75 Å². The van der Waals surface area contributed by atoms with Crippen LogP contribution >= 0.6 is 11.3 Å². The second-order valence-electron chi connectivity index (χ2n) is 3.61. The minimum atomic E-state index is -4.78. The maximum atomic E-state index is 12.0. The molecule has 0 radical (unpaired) electrons. The number of aromatic carboxylic acids is 1. The molecule has 1 aromatic heterocycles. The molecule has 5 nitrogen and oxygen atoms in total. The number of ether oxygens (including phenoxy) is 1. The van der Waals surface area contributed by atoms with E-state index >= 15 is 0 Å². The Morgan fingerprint density at radius 2 is 1.90 bits per heavy atom. The molecule has 0 aliphatic carbocycles. The molecule has 1 aromatic carbocycles. The SMILES string of the molecule is Nc1nc(C(=O)O)c(-c2ccc(OC(F)(F)F)cc2)s1. The van der Waals surface area contributed by atoms with Crippen LogP contribution in [0.1, 0.15) is 10.5 Å². The fourth-order valence-electron chi connectivity index (χ4n) is 1.49. The van der Waals surface area contributed by atoms with Gasteiger partial charge in [-0.05, 0) is 29.8 Å². The van der Waals surface area contributed by atoms with Crippen molar-refractivity contribution in [2.24, 2.45) is 0 Å². The fourth-order valence-corrected chi connectivity index (χ4v) is 2.31. The molecule has 0 atom stereocenters. The Labute approximate surface area is 114 Å². The number of thiazole rings is 1. The molecule has 20 heavy (non-hydrogen) atoms. The van der Waals surface area contributed by atoms with Gasteiger partial charge in [-0.3, -0.25) is 0 Å². The van der Waals surface area contributed by atoms with Crippen molar-refractivity contribution in [3.63, 3.8) is 0 Å². The molecule has 106 valence electrons. The maximum Gasteiger partial charge on any atom is 0.573 e. The van der Waals surface area contributed by atoms with E-state index in [1.807, 2.05) is 0 Å². The van der Waals surface area contributed by atoms with E-state index in [0.717, 1.165) is 23.5 Å². The molecule has 9 heteroatoms. The number of nitrogens with two attached hydrogens (primary N) is 1. The van der Waals surface area contributed by atoms with Gasteiger partial charge in [0, 0.05) is 0 Å². The number of nitrogens with zero attached hydrogens (tertiary/aromatic N) is 1. The van der Waals surface area contributed by atoms with Crippen molar-refractivity contribution in [2.45, 2.75) is 6.36 Å². The molecule has 0 saturated heterocycles. The number of aromatic nitrogens is 1. The van der Waals surface area contributed by atoms with Gasteiger partial charge >= 0.3 is 12.3 Å². The van der Waals surface area contributed by atoms with Gasteiger partial charge in [0.25, 0.3) is 0 Å². The molecule has 0 amide bonds. The lowest BCUT2D eigenvalue weighted by Gasteiger charge is -2.08. The summed E-state index contributed by atoms with van der Waals surface area (Å²) in [7, 11) is 0. The first kappa shape index (κ1) is 14.1. The van der Waals surface area contributed by atoms with Crippen molar-refractivity contribution >= 4 is 22.4 Å². The van der Waals surface area contributed by atoms with Crippen molar-refractivity contribution in [1.82, 2.24) is 4.98 Å². The zero-order valence-corrected chi connectivity index (χ0v) is 10.5. The number of carboxylic acids is 1. The van der Waals surface area contributed by atoms with Gasteiger partial charge in [-0.1, -0.05) is 11.3 Å². The molecular formula is C11H7F3N2O3S. The first-order valence-corrected chi connectivity index (χ1v) is 5.93. The molecule has 3 N–H and O–H groups in total. The molecule has 2 rings (SSSR count). The maximum absolute atomic E-state index is 12.0. The Bertz CT molecular complexity index is 637. The van der Waals surface area contributed by atoms with E-state index in [1.54, 1.807) is 0 Å². The standard InChI is InChI=1S/C11H7F3N2O3S/c12-11(13,14)19-6-3-1-5(2-4-6)8-7(9(17)18)16-10(15)20-8/h1-4H,(H2,15,16)(H,17,18). The zero-order chi connectivity index (χ0) is 14.9. The van der Waals surface area contributed by atoms with Crippen LogP contribution in [0.4, 0.5) is 18.3 Å². The number of hydrogen-bond acceptors (Lipinski definition) is 5. The number of hydrogen-bond donors (Lipinski definition) is 2. The van der Waals surface area contributed by atoms with Gasteiger partial charge in [-0.2, -0.15) is 0 Å². The predicted molar refractivity (Wildman–Crippen MR) is 65.6 cm³/mol. The Balaban J connectivity index is 2.33. The number of nitrogen functional groups attached to an aromatic ring is 1. The summed E-state index contributed by atoms with van der Waals surface area (Å²) in [5.41, 5.74) is 5.59. The van der Waals surface area contributed by atoms with Gasteiger partial charge in [0.05, 0.1) is 4.88 Å². The van der Waals surface area contributed by atoms with Crippen LogP contribution < -0.4 is 10.5 Å². The first-order chi connectivity index (χ1) is 9.26. The van der Waals surface area contributed by atoms with Gasteiger partial charge in [-0.25, -0.2) is 9.78 Å². The second-order valence-corrected chi connectivity index (χ2v) is 4.64. The quantitative estimate of drug-likeness (QED) is 0.910. The summed E-state index contributed by atoms with van der Waals surface area (Å²) in [5.74, 6) is -1.65. The summed E-state index contributed by atoms with van der Waals surface area (Å²) in [6, 6.07) is 4.79. The highest BCUT2D eigenvalue weighted by atomic mass is 32.1. The average Bonchev–Trinajstić information content (AvgIpc) is 2.70. The van der Waals surface area contributed by atoms with Gasteiger partial charge in [0.2, 0.25) is 0 Å². The largest absolute Gasteiger partial charge is 0.573 e. The number of anilines is 1. The molecule has 1 heterocycles. The third-order valence-electron chi connectivity index (χ3n) is 2.20. The van der Waals surface area contributed by atoms with E-state index in [1.165, 1.54) is 12.1 Å². The number of carbonyl (C=O) groups is 1. The van der Waals surface area contributed by atoms with E-state index < -0.39 is 18.1 Å².